The topological polar surface area (TPSA) is 104 Å². The minimum Gasteiger partial charge on any atom is -0.432 e. The minimum absolute atomic E-state index is 0.00917. The number of carbonyl (C=O) groups is 1. The summed E-state index contributed by atoms with van der Waals surface area (Å²) < 4.78 is 43.0. The number of aromatic nitrogens is 1. The smallest absolute Gasteiger partial charge is 0.432 e. The van der Waals surface area contributed by atoms with Gasteiger partial charge in [0, 0.05) is 11.9 Å². The monoisotopic (exact) mass is 420 g/mol. The lowest BCUT2D eigenvalue weighted by atomic mass is 10.1. The summed E-state index contributed by atoms with van der Waals surface area (Å²) in [6, 6.07) is 7.95. The molecule has 2 aromatic rings. The van der Waals surface area contributed by atoms with E-state index in [1.165, 1.54) is 21.6 Å². The van der Waals surface area contributed by atoms with E-state index in [0.717, 1.165) is 17.2 Å². The van der Waals surface area contributed by atoms with Crippen LogP contribution in [0.15, 0.2) is 47.6 Å². The van der Waals surface area contributed by atoms with Gasteiger partial charge in [0.05, 0.1) is 11.3 Å². The molecule has 0 amide bonds. The molecule has 0 radical (unpaired) electrons. The number of hydrazine groups is 1. The number of carbonyl (C=O) groups excluding carboxylic acids is 1. The third kappa shape index (κ3) is 6.73. The summed E-state index contributed by atoms with van der Waals surface area (Å²) in [5.41, 5.74) is 4.17. The average molecular weight is 420 g/mol. The molecule has 27 heavy (non-hydrogen) atoms. The standard InChI is InChI=1S/C15H15F3N4O3S2/c16-15(17,18)10-4-5-11(19)12(9-10)22(20)25-14(23)24-7-8-26-27-13-3-1-2-6-21-13/h1-6,9H,7-8,19-20H2. The molecule has 2 rings (SSSR count). The van der Waals surface area contributed by atoms with Crippen LogP contribution in [0.2, 0.25) is 0 Å². The molecule has 0 saturated carbocycles. The highest BCUT2D eigenvalue weighted by molar-refractivity contribution is 8.76. The fourth-order valence-corrected chi connectivity index (χ4v) is 3.43. The number of anilines is 2. The molecule has 0 spiro atoms. The van der Waals surface area contributed by atoms with Gasteiger partial charge in [0.2, 0.25) is 0 Å². The summed E-state index contributed by atoms with van der Waals surface area (Å²) in [5, 5.41) is 1.14. The van der Waals surface area contributed by atoms with E-state index in [9.17, 15) is 18.0 Å². The number of rotatable bonds is 7. The summed E-state index contributed by atoms with van der Waals surface area (Å²) in [6.45, 7) is 0.00917. The molecule has 0 aliphatic carbocycles. The molecule has 7 nitrogen and oxygen atoms in total. The van der Waals surface area contributed by atoms with Crippen molar-refractivity contribution in [3.05, 3.63) is 48.2 Å². The normalized spacial score (nSPS) is 11.1. The van der Waals surface area contributed by atoms with E-state index in [0.29, 0.717) is 17.0 Å². The number of pyridine rings is 1. The van der Waals surface area contributed by atoms with E-state index in [1.54, 1.807) is 12.3 Å². The summed E-state index contributed by atoms with van der Waals surface area (Å²) >= 11 is 0. The predicted molar refractivity (Wildman–Crippen MR) is 97.5 cm³/mol. The number of ether oxygens (including phenoxy) is 1. The Morgan fingerprint density at radius 1 is 1.26 bits per heavy atom. The Bertz CT molecular complexity index is 766. The number of nitrogens with two attached hydrogens (primary N) is 2. The van der Waals surface area contributed by atoms with Gasteiger partial charge in [-0.25, -0.2) is 15.6 Å². The van der Waals surface area contributed by atoms with Crippen molar-refractivity contribution in [3.63, 3.8) is 0 Å². The maximum Gasteiger partial charge on any atom is 0.534 e. The second kappa shape index (κ2) is 9.58. The quantitative estimate of drug-likeness (QED) is 0.172. The second-order valence-electron chi connectivity index (χ2n) is 4.86. The molecule has 0 saturated heterocycles. The summed E-state index contributed by atoms with van der Waals surface area (Å²) in [4.78, 5) is 20.3. The highest BCUT2D eigenvalue weighted by Crippen LogP contribution is 2.34. The molecular formula is C15H15F3N4O3S2. The van der Waals surface area contributed by atoms with Crippen LogP contribution >= 0.6 is 21.6 Å². The van der Waals surface area contributed by atoms with Crippen LogP contribution in [0.5, 0.6) is 0 Å². The second-order valence-corrected chi connectivity index (χ2v) is 7.30. The highest BCUT2D eigenvalue weighted by Gasteiger charge is 2.31. The molecule has 1 aromatic heterocycles. The highest BCUT2D eigenvalue weighted by atomic mass is 33.1. The van der Waals surface area contributed by atoms with Crippen LogP contribution in [0.25, 0.3) is 0 Å². The Kier molecular flexibility index (Phi) is 7.45. The van der Waals surface area contributed by atoms with Crippen LogP contribution in [0.3, 0.4) is 0 Å². The summed E-state index contributed by atoms with van der Waals surface area (Å²) in [5.74, 6) is 5.90. The fraction of sp³-hybridized carbons (Fsp3) is 0.200. The fourth-order valence-electron chi connectivity index (χ4n) is 1.72. The van der Waals surface area contributed by atoms with Gasteiger partial charge in [-0.2, -0.15) is 13.2 Å². The van der Waals surface area contributed by atoms with Crippen LogP contribution in [0.1, 0.15) is 5.56 Å². The zero-order valence-corrected chi connectivity index (χ0v) is 15.3. The number of nitrogens with zero attached hydrogens (tertiary/aromatic N) is 2. The molecule has 0 fully saturated rings. The van der Waals surface area contributed by atoms with Gasteiger partial charge < -0.3 is 10.5 Å². The van der Waals surface area contributed by atoms with Crippen molar-refractivity contribution in [3.8, 4) is 0 Å². The first-order valence-electron chi connectivity index (χ1n) is 7.34. The minimum atomic E-state index is -4.59. The first-order chi connectivity index (χ1) is 12.8. The maximum absolute atomic E-state index is 12.7. The van der Waals surface area contributed by atoms with Crippen molar-refractivity contribution in [1.29, 1.82) is 0 Å². The zero-order chi connectivity index (χ0) is 19.9. The van der Waals surface area contributed by atoms with E-state index in [2.05, 4.69) is 9.82 Å². The molecule has 12 heteroatoms. The molecule has 1 aromatic carbocycles. The van der Waals surface area contributed by atoms with E-state index < -0.39 is 17.9 Å². The Morgan fingerprint density at radius 3 is 2.70 bits per heavy atom. The Labute approximate surface area is 160 Å². The lowest BCUT2D eigenvalue weighted by Crippen LogP contribution is -2.35. The number of nitrogen functional groups attached to an aromatic ring is 1. The van der Waals surface area contributed by atoms with Crippen LogP contribution in [-0.2, 0) is 15.8 Å². The van der Waals surface area contributed by atoms with Gasteiger partial charge in [0.15, 0.2) is 0 Å². The van der Waals surface area contributed by atoms with Gasteiger partial charge in [-0.15, -0.1) is 5.17 Å². The van der Waals surface area contributed by atoms with Crippen molar-refractivity contribution in [2.75, 3.05) is 23.3 Å². The van der Waals surface area contributed by atoms with Gasteiger partial charge >= 0.3 is 12.3 Å². The zero-order valence-electron chi connectivity index (χ0n) is 13.7. The van der Waals surface area contributed by atoms with Crippen LogP contribution in [-0.4, -0.2) is 23.5 Å². The van der Waals surface area contributed by atoms with Crippen LogP contribution in [0, 0.1) is 0 Å². The van der Waals surface area contributed by atoms with Crippen molar-refractivity contribution in [1.82, 2.24) is 4.98 Å². The van der Waals surface area contributed by atoms with E-state index in [1.807, 2.05) is 12.1 Å². The molecule has 0 unspecified atom stereocenters. The summed E-state index contributed by atoms with van der Waals surface area (Å²) in [7, 11) is 2.81. The Hall–Kier alpha value is -2.31. The molecular weight excluding hydrogens is 405 g/mol. The van der Waals surface area contributed by atoms with Gasteiger partial charge in [0.1, 0.15) is 17.3 Å². The van der Waals surface area contributed by atoms with Gasteiger partial charge in [-0.1, -0.05) is 16.9 Å². The largest absolute Gasteiger partial charge is 0.534 e. The van der Waals surface area contributed by atoms with E-state index in [-0.39, 0.29) is 18.0 Å². The van der Waals surface area contributed by atoms with E-state index in [4.69, 9.17) is 16.3 Å². The Balaban J connectivity index is 1.78. The van der Waals surface area contributed by atoms with Crippen molar-refractivity contribution in [2.45, 2.75) is 11.2 Å². The van der Waals surface area contributed by atoms with Gasteiger partial charge in [-0.3, -0.25) is 4.84 Å². The third-order valence-electron chi connectivity index (χ3n) is 2.94. The first-order valence-corrected chi connectivity index (χ1v) is 9.66. The maximum atomic E-state index is 12.7. The molecule has 146 valence electrons. The Morgan fingerprint density at radius 2 is 2.04 bits per heavy atom. The van der Waals surface area contributed by atoms with Crippen LogP contribution < -0.4 is 16.7 Å². The first kappa shape index (κ1) is 21.0. The van der Waals surface area contributed by atoms with E-state index >= 15 is 0 Å². The molecule has 0 bridgehead atoms. The van der Waals surface area contributed by atoms with Crippen molar-refractivity contribution in [2.24, 2.45) is 5.84 Å². The van der Waals surface area contributed by atoms with Crippen LogP contribution in [0.4, 0.5) is 29.3 Å². The molecule has 4 N–H and O–H groups in total. The summed E-state index contributed by atoms with van der Waals surface area (Å²) in [6.07, 6.45) is -4.10. The number of alkyl halides is 3. The number of hydrogen-bond acceptors (Lipinski definition) is 9. The SMILES string of the molecule is Nc1ccc(C(F)(F)F)cc1N(N)OC(=O)OCCSSc1ccccn1. The molecule has 0 aliphatic heterocycles. The number of hydrogen-bond donors (Lipinski definition) is 2. The average Bonchev–Trinajstić information content (AvgIpc) is 2.61. The third-order valence-corrected chi connectivity index (χ3v) is 5.17. The van der Waals surface area contributed by atoms with Crippen molar-refractivity contribution < 1.29 is 27.5 Å². The molecule has 1 heterocycles. The lowest BCUT2D eigenvalue weighted by Gasteiger charge is -2.19. The lowest BCUT2D eigenvalue weighted by molar-refractivity contribution is -0.137. The predicted octanol–water partition coefficient (Wildman–Crippen LogP) is 3.87. The van der Waals surface area contributed by atoms with Crippen molar-refractivity contribution >= 4 is 39.1 Å². The molecule has 0 atom stereocenters. The van der Waals surface area contributed by atoms with Gasteiger partial charge in [0.25, 0.3) is 0 Å². The number of halogens is 3. The van der Waals surface area contributed by atoms with Gasteiger partial charge in [-0.05, 0) is 41.1 Å². The number of benzene rings is 1. The molecule has 0 aliphatic rings.